The van der Waals surface area contributed by atoms with Crippen LogP contribution in [0, 0.1) is 19.8 Å². The molecule has 0 spiro atoms. The number of thiazole rings is 1. The normalized spacial score (nSPS) is 17.1. The molecule has 0 saturated carbocycles. The number of benzene rings is 1. The first-order valence-corrected chi connectivity index (χ1v) is 10.8. The summed E-state index contributed by atoms with van der Waals surface area (Å²) < 4.78 is 5.44. The van der Waals surface area contributed by atoms with Crippen LogP contribution in [0.1, 0.15) is 44.7 Å². The van der Waals surface area contributed by atoms with Crippen molar-refractivity contribution in [3.63, 3.8) is 0 Å². The number of hydrogen-bond donors (Lipinski definition) is 1. The minimum absolute atomic E-state index is 0.0979. The number of carbonyl (C=O) groups is 2. The quantitative estimate of drug-likeness (QED) is 0.765. The van der Waals surface area contributed by atoms with Gasteiger partial charge in [0.15, 0.2) is 5.13 Å². The number of rotatable bonds is 3. The molecule has 1 atom stereocenters. The summed E-state index contributed by atoms with van der Waals surface area (Å²) >= 11 is 1.41. The Labute approximate surface area is 176 Å². The molecule has 2 aromatic rings. The molecule has 2 heterocycles. The maximum Gasteiger partial charge on any atom is 0.410 e. The lowest BCUT2D eigenvalue weighted by Crippen LogP contribution is -2.45. The number of hydrogen-bond acceptors (Lipinski definition) is 5. The van der Waals surface area contributed by atoms with Crippen molar-refractivity contribution in [3.05, 3.63) is 34.7 Å². The second-order valence-corrected chi connectivity index (χ2v) is 9.45. The van der Waals surface area contributed by atoms with Crippen LogP contribution in [0.25, 0.3) is 11.3 Å². The molecule has 1 aromatic carbocycles. The van der Waals surface area contributed by atoms with E-state index in [-0.39, 0.29) is 17.9 Å². The standard InChI is InChI=1S/C22H29N3O3S/c1-14-8-9-16(11-15(14)2)18-13-29-20(23-18)24-19(26)17-7-6-10-25(12-17)21(27)28-22(3,4)5/h8-9,11,13,17H,6-7,10,12H2,1-5H3,(H,23,24,26). The Hall–Kier alpha value is -2.41. The molecular formula is C22H29N3O3S. The highest BCUT2D eigenvalue weighted by molar-refractivity contribution is 7.14. The number of nitrogens with zero attached hydrogens (tertiary/aromatic N) is 2. The van der Waals surface area contributed by atoms with Crippen LogP contribution in [0.2, 0.25) is 0 Å². The Bertz CT molecular complexity index is 901. The zero-order chi connectivity index (χ0) is 21.2. The Kier molecular flexibility index (Phi) is 6.27. The summed E-state index contributed by atoms with van der Waals surface area (Å²) in [5, 5.41) is 5.46. The highest BCUT2D eigenvalue weighted by Crippen LogP contribution is 2.27. The van der Waals surface area contributed by atoms with E-state index < -0.39 is 5.60 Å². The van der Waals surface area contributed by atoms with Gasteiger partial charge in [0.05, 0.1) is 11.6 Å². The molecule has 1 aliphatic rings. The lowest BCUT2D eigenvalue weighted by atomic mass is 9.97. The first kappa shape index (κ1) is 21.3. The molecule has 1 aromatic heterocycles. The maximum absolute atomic E-state index is 12.7. The van der Waals surface area contributed by atoms with Gasteiger partial charge >= 0.3 is 6.09 Å². The van der Waals surface area contributed by atoms with Gasteiger partial charge in [0.1, 0.15) is 5.60 Å². The van der Waals surface area contributed by atoms with E-state index >= 15 is 0 Å². The third-order valence-corrected chi connectivity index (χ3v) is 5.74. The van der Waals surface area contributed by atoms with Crippen LogP contribution >= 0.6 is 11.3 Å². The van der Waals surface area contributed by atoms with Crippen molar-refractivity contribution >= 4 is 28.5 Å². The molecule has 6 nitrogen and oxygen atoms in total. The van der Waals surface area contributed by atoms with E-state index in [0.29, 0.717) is 18.2 Å². The van der Waals surface area contributed by atoms with Crippen LogP contribution in [0.3, 0.4) is 0 Å². The van der Waals surface area contributed by atoms with Gasteiger partial charge in [-0.05, 0) is 64.7 Å². The summed E-state index contributed by atoms with van der Waals surface area (Å²) in [5.41, 5.74) is 3.80. The molecule has 7 heteroatoms. The van der Waals surface area contributed by atoms with E-state index in [1.807, 2.05) is 32.2 Å². The van der Waals surface area contributed by atoms with E-state index in [1.165, 1.54) is 22.5 Å². The molecule has 1 aliphatic heterocycles. The van der Waals surface area contributed by atoms with E-state index in [9.17, 15) is 9.59 Å². The predicted molar refractivity (Wildman–Crippen MR) is 116 cm³/mol. The number of aromatic nitrogens is 1. The zero-order valence-corrected chi connectivity index (χ0v) is 18.6. The molecule has 0 radical (unpaired) electrons. The smallest absolute Gasteiger partial charge is 0.410 e. The largest absolute Gasteiger partial charge is 0.444 e. The SMILES string of the molecule is Cc1ccc(-c2csc(NC(=O)C3CCCN(C(=O)OC(C)(C)C)C3)n2)cc1C. The molecule has 156 valence electrons. The number of likely N-dealkylation sites (tertiary alicyclic amines) is 1. The molecule has 1 saturated heterocycles. The monoisotopic (exact) mass is 415 g/mol. The summed E-state index contributed by atoms with van der Waals surface area (Å²) in [6.45, 7) is 10.7. The Morgan fingerprint density at radius 1 is 1.24 bits per heavy atom. The number of anilines is 1. The van der Waals surface area contributed by atoms with Crippen LogP contribution in [-0.4, -0.2) is 40.6 Å². The van der Waals surface area contributed by atoms with Crippen LogP contribution in [-0.2, 0) is 9.53 Å². The van der Waals surface area contributed by atoms with Gasteiger partial charge in [0, 0.05) is 24.0 Å². The molecular weight excluding hydrogens is 386 g/mol. The minimum atomic E-state index is -0.544. The van der Waals surface area contributed by atoms with Gasteiger partial charge in [-0.25, -0.2) is 9.78 Å². The number of carbonyl (C=O) groups excluding carboxylic acids is 2. The number of ether oxygens (including phenoxy) is 1. The van der Waals surface area contributed by atoms with Crippen molar-refractivity contribution in [3.8, 4) is 11.3 Å². The van der Waals surface area contributed by atoms with Crippen molar-refractivity contribution in [2.75, 3.05) is 18.4 Å². The van der Waals surface area contributed by atoms with Crippen LogP contribution in [0.15, 0.2) is 23.6 Å². The number of nitrogens with one attached hydrogen (secondary N) is 1. The Morgan fingerprint density at radius 3 is 2.69 bits per heavy atom. The summed E-state index contributed by atoms with van der Waals surface area (Å²) in [7, 11) is 0. The average Bonchev–Trinajstić information content (AvgIpc) is 3.11. The summed E-state index contributed by atoms with van der Waals surface area (Å²) in [6, 6.07) is 6.23. The summed E-state index contributed by atoms with van der Waals surface area (Å²) in [6.07, 6.45) is 1.17. The van der Waals surface area contributed by atoms with Crippen molar-refractivity contribution in [2.24, 2.45) is 5.92 Å². The van der Waals surface area contributed by atoms with Gasteiger partial charge in [0.2, 0.25) is 5.91 Å². The maximum atomic E-state index is 12.7. The summed E-state index contributed by atoms with van der Waals surface area (Å²) in [5.74, 6) is -0.357. The van der Waals surface area contributed by atoms with Crippen molar-refractivity contribution in [2.45, 2.75) is 53.1 Å². The fourth-order valence-corrected chi connectivity index (χ4v) is 3.98. The van der Waals surface area contributed by atoms with E-state index in [2.05, 4.69) is 36.3 Å². The van der Waals surface area contributed by atoms with Crippen LogP contribution < -0.4 is 5.32 Å². The highest BCUT2D eigenvalue weighted by Gasteiger charge is 2.31. The third kappa shape index (κ3) is 5.56. The van der Waals surface area contributed by atoms with Gasteiger partial charge in [-0.3, -0.25) is 4.79 Å². The van der Waals surface area contributed by atoms with Gasteiger partial charge in [-0.2, -0.15) is 0 Å². The average molecular weight is 416 g/mol. The Morgan fingerprint density at radius 2 is 2.00 bits per heavy atom. The highest BCUT2D eigenvalue weighted by atomic mass is 32.1. The molecule has 1 unspecified atom stereocenters. The first-order valence-electron chi connectivity index (χ1n) is 9.94. The summed E-state index contributed by atoms with van der Waals surface area (Å²) in [4.78, 5) is 31.3. The van der Waals surface area contributed by atoms with Crippen molar-refractivity contribution in [1.29, 1.82) is 0 Å². The fraction of sp³-hybridized carbons (Fsp3) is 0.500. The van der Waals surface area contributed by atoms with E-state index in [1.54, 1.807) is 4.90 Å². The van der Waals surface area contributed by atoms with Crippen LogP contribution in [0.4, 0.5) is 9.93 Å². The lowest BCUT2D eigenvalue weighted by Gasteiger charge is -2.33. The van der Waals surface area contributed by atoms with E-state index in [0.717, 1.165) is 24.1 Å². The minimum Gasteiger partial charge on any atom is -0.444 e. The van der Waals surface area contributed by atoms with Gasteiger partial charge in [-0.15, -0.1) is 11.3 Å². The third-order valence-electron chi connectivity index (χ3n) is 4.98. The number of piperidine rings is 1. The fourth-order valence-electron chi connectivity index (χ4n) is 3.26. The Balaban J connectivity index is 1.62. The van der Waals surface area contributed by atoms with Crippen molar-refractivity contribution in [1.82, 2.24) is 9.88 Å². The van der Waals surface area contributed by atoms with E-state index in [4.69, 9.17) is 4.74 Å². The molecule has 0 bridgehead atoms. The molecule has 1 fully saturated rings. The first-order chi connectivity index (χ1) is 13.6. The van der Waals surface area contributed by atoms with Gasteiger partial charge < -0.3 is 15.0 Å². The topological polar surface area (TPSA) is 71.5 Å². The molecule has 2 amide bonds. The molecule has 1 N–H and O–H groups in total. The van der Waals surface area contributed by atoms with Crippen LogP contribution in [0.5, 0.6) is 0 Å². The lowest BCUT2D eigenvalue weighted by molar-refractivity contribution is -0.121. The molecule has 3 rings (SSSR count). The molecule has 29 heavy (non-hydrogen) atoms. The molecule has 0 aliphatic carbocycles. The number of aryl methyl sites for hydroxylation is 2. The second-order valence-electron chi connectivity index (χ2n) is 8.59. The van der Waals surface area contributed by atoms with Gasteiger partial charge in [-0.1, -0.05) is 12.1 Å². The van der Waals surface area contributed by atoms with Crippen molar-refractivity contribution < 1.29 is 14.3 Å². The predicted octanol–water partition coefficient (Wildman–Crippen LogP) is 5.01. The van der Waals surface area contributed by atoms with Gasteiger partial charge in [0.25, 0.3) is 0 Å². The zero-order valence-electron chi connectivity index (χ0n) is 17.7. The number of amides is 2. The second kappa shape index (κ2) is 8.53.